The lowest BCUT2D eigenvalue weighted by atomic mass is 10.2. The summed E-state index contributed by atoms with van der Waals surface area (Å²) in [5, 5.41) is 0.945. The first-order chi connectivity index (χ1) is 6.81. The Bertz CT molecular complexity index is 482. The van der Waals surface area contributed by atoms with Gasteiger partial charge in [0.1, 0.15) is 5.69 Å². The monoisotopic (exact) mass is 186 g/mol. The molecule has 0 bridgehead atoms. The van der Waals surface area contributed by atoms with Gasteiger partial charge in [-0.05, 0) is 24.3 Å². The number of nitrogen functional groups attached to an aromatic ring is 1. The number of nitrogens with two attached hydrogens (primary N) is 1. The number of rotatable bonds is 1. The molecule has 69 valence electrons. The van der Waals surface area contributed by atoms with Crippen LogP contribution in [0.2, 0.25) is 0 Å². The van der Waals surface area contributed by atoms with E-state index in [4.69, 9.17) is 5.84 Å². The molecule has 0 saturated carbocycles. The lowest BCUT2D eigenvalue weighted by Crippen LogP contribution is -2.30. The highest BCUT2D eigenvalue weighted by molar-refractivity contribution is 5.94. The lowest BCUT2D eigenvalue weighted by molar-refractivity contribution is 0.0949. The van der Waals surface area contributed by atoms with Crippen molar-refractivity contribution in [2.45, 2.75) is 0 Å². The van der Waals surface area contributed by atoms with Gasteiger partial charge in [0.15, 0.2) is 0 Å². The molecule has 1 amide bonds. The number of aromatic nitrogens is 1. The Morgan fingerprint density at radius 2 is 2.29 bits per heavy atom. The van der Waals surface area contributed by atoms with E-state index >= 15 is 0 Å². The maximum absolute atomic E-state index is 11.2. The normalized spacial score (nSPS) is 10.1. The van der Waals surface area contributed by atoms with Crippen molar-refractivity contribution in [3.63, 3.8) is 0 Å². The van der Waals surface area contributed by atoms with Crippen molar-refractivity contribution in [2.75, 3.05) is 0 Å². The van der Waals surface area contributed by atoms with Gasteiger partial charge in [-0.15, -0.1) is 0 Å². The summed E-state index contributed by atoms with van der Waals surface area (Å²) in [7, 11) is 0. The van der Waals surface area contributed by atoms with Gasteiger partial charge in [-0.2, -0.15) is 0 Å². The van der Waals surface area contributed by atoms with E-state index in [1.54, 1.807) is 18.2 Å². The Hall–Kier alpha value is -1.94. The Morgan fingerprint density at radius 3 is 3.07 bits per heavy atom. The van der Waals surface area contributed by atoms with Crippen molar-refractivity contribution >= 4 is 16.8 Å². The topological polar surface area (TPSA) is 68.0 Å². The summed E-state index contributed by atoms with van der Waals surface area (Å²) >= 11 is 0. The van der Waals surface area contributed by atoms with Crippen LogP contribution in [0.15, 0.2) is 30.3 Å². The van der Waals surface area contributed by atoms with Crippen molar-refractivity contribution in [3.05, 3.63) is 42.1 Å². The van der Waals surface area contributed by atoms with Gasteiger partial charge in [0.05, 0.1) is 5.52 Å². The van der Waals surface area contributed by atoms with Crippen LogP contribution in [-0.4, -0.2) is 10.9 Å². The number of carbonyl (C=O) groups is 1. The minimum atomic E-state index is -0.389. The first-order valence-corrected chi connectivity index (χ1v) is 4.09. The molecule has 2 rings (SSSR count). The van der Waals surface area contributed by atoms with Gasteiger partial charge in [-0.1, -0.05) is 12.1 Å². The molecule has 0 atom stereocenters. The molecule has 3 N–H and O–H groups in total. The zero-order chi connectivity index (χ0) is 9.97. The zero-order valence-corrected chi connectivity index (χ0v) is 7.32. The van der Waals surface area contributed by atoms with E-state index in [9.17, 15) is 4.79 Å². The third-order valence-electron chi connectivity index (χ3n) is 1.90. The Kier molecular flexibility index (Phi) is 2.12. The molecule has 1 aromatic carbocycles. The van der Waals surface area contributed by atoms with Crippen molar-refractivity contribution in [3.8, 4) is 0 Å². The molecule has 0 unspecified atom stereocenters. The summed E-state index contributed by atoms with van der Waals surface area (Å²) in [5.41, 5.74) is 3.10. The molecule has 0 aliphatic carbocycles. The molecule has 1 aromatic heterocycles. The number of fused-ring (bicyclic) bond motifs is 1. The average molecular weight is 186 g/mol. The van der Waals surface area contributed by atoms with E-state index in [2.05, 4.69) is 11.1 Å². The van der Waals surface area contributed by atoms with Crippen LogP contribution in [0.1, 0.15) is 10.5 Å². The van der Waals surface area contributed by atoms with E-state index in [0.29, 0.717) is 5.69 Å². The molecule has 2 aromatic rings. The largest absolute Gasteiger partial charge is 0.289 e. The van der Waals surface area contributed by atoms with Crippen LogP contribution in [-0.2, 0) is 0 Å². The number of benzene rings is 1. The molecule has 14 heavy (non-hydrogen) atoms. The molecule has 0 aliphatic rings. The van der Waals surface area contributed by atoms with Gasteiger partial charge >= 0.3 is 0 Å². The highest BCUT2D eigenvalue weighted by Crippen LogP contribution is 2.10. The second-order valence-corrected chi connectivity index (χ2v) is 2.79. The first-order valence-electron chi connectivity index (χ1n) is 4.09. The Labute approximate surface area is 80.7 Å². The zero-order valence-electron chi connectivity index (χ0n) is 7.32. The third kappa shape index (κ3) is 1.43. The summed E-state index contributed by atoms with van der Waals surface area (Å²) < 4.78 is 0. The summed E-state index contributed by atoms with van der Waals surface area (Å²) in [6.45, 7) is 0. The summed E-state index contributed by atoms with van der Waals surface area (Å²) in [4.78, 5) is 15.3. The number of carbonyl (C=O) groups excluding carboxylic acids is 1. The van der Waals surface area contributed by atoms with Gasteiger partial charge in [0.25, 0.3) is 5.91 Å². The number of nitrogens with zero attached hydrogens (tertiary/aromatic N) is 1. The van der Waals surface area contributed by atoms with Gasteiger partial charge in [-0.25, -0.2) is 10.8 Å². The number of hydrazine groups is 1. The van der Waals surface area contributed by atoms with E-state index in [1.807, 2.05) is 17.6 Å². The molecule has 0 saturated heterocycles. The van der Waals surface area contributed by atoms with E-state index in [0.717, 1.165) is 10.9 Å². The van der Waals surface area contributed by atoms with Gasteiger partial charge in [0.2, 0.25) is 0 Å². The van der Waals surface area contributed by atoms with Crippen LogP contribution in [0.3, 0.4) is 0 Å². The number of hydrogen-bond acceptors (Lipinski definition) is 3. The van der Waals surface area contributed by atoms with Crippen LogP contribution in [0.25, 0.3) is 10.9 Å². The van der Waals surface area contributed by atoms with E-state index in [-0.39, 0.29) is 5.91 Å². The van der Waals surface area contributed by atoms with Crippen molar-refractivity contribution in [1.82, 2.24) is 10.4 Å². The van der Waals surface area contributed by atoms with Crippen LogP contribution in [0.4, 0.5) is 0 Å². The fourth-order valence-electron chi connectivity index (χ4n) is 1.21. The van der Waals surface area contributed by atoms with Crippen LogP contribution in [0, 0.1) is 6.07 Å². The molecular weight excluding hydrogens is 178 g/mol. The quantitative estimate of drug-likeness (QED) is 0.390. The van der Waals surface area contributed by atoms with Gasteiger partial charge in [0, 0.05) is 5.39 Å². The highest BCUT2D eigenvalue weighted by atomic mass is 16.2. The number of nitrogens with one attached hydrogen (secondary N) is 1. The number of amides is 1. The van der Waals surface area contributed by atoms with E-state index < -0.39 is 0 Å². The number of hydrogen-bond donors (Lipinski definition) is 2. The van der Waals surface area contributed by atoms with E-state index in [1.165, 1.54) is 0 Å². The Morgan fingerprint density at radius 1 is 1.43 bits per heavy atom. The fraction of sp³-hybridized carbons (Fsp3) is 0. The van der Waals surface area contributed by atoms with Crippen molar-refractivity contribution < 1.29 is 4.79 Å². The summed E-state index contributed by atoms with van der Waals surface area (Å²) in [6, 6.07) is 11.7. The molecular formula is C10H8N3O. The predicted molar refractivity (Wildman–Crippen MR) is 52.2 cm³/mol. The van der Waals surface area contributed by atoms with Gasteiger partial charge < -0.3 is 0 Å². The molecule has 1 radical (unpaired) electrons. The molecule has 0 spiro atoms. The summed E-state index contributed by atoms with van der Waals surface area (Å²) in [6.07, 6.45) is 0. The lowest BCUT2D eigenvalue weighted by Gasteiger charge is -2.00. The Balaban J connectivity index is 2.56. The highest BCUT2D eigenvalue weighted by Gasteiger charge is 2.04. The maximum Gasteiger partial charge on any atom is 0.283 e. The summed E-state index contributed by atoms with van der Waals surface area (Å²) in [5.74, 6) is 4.61. The van der Waals surface area contributed by atoms with Crippen molar-refractivity contribution in [1.29, 1.82) is 0 Å². The third-order valence-corrected chi connectivity index (χ3v) is 1.90. The first kappa shape index (κ1) is 8.65. The minimum Gasteiger partial charge on any atom is -0.289 e. The van der Waals surface area contributed by atoms with Crippen LogP contribution in [0.5, 0.6) is 0 Å². The second kappa shape index (κ2) is 3.43. The smallest absolute Gasteiger partial charge is 0.283 e. The predicted octanol–water partition coefficient (Wildman–Crippen LogP) is 0.638. The van der Waals surface area contributed by atoms with Crippen molar-refractivity contribution in [2.24, 2.45) is 5.84 Å². The molecule has 4 heteroatoms. The standard InChI is InChI=1S/C10H8N3O/c11-13-10(14)9-6-5-7-3-1-2-4-8(7)12-9/h2-6H,11H2,(H,13,14). The van der Waals surface area contributed by atoms with Crippen LogP contribution < -0.4 is 11.3 Å². The SMILES string of the molecule is NNC(=O)c1ccc2c[c]ccc2n1. The van der Waals surface area contributed by atoms with Crippen LogP contribution >= 0.6 is 0 Å². The molecule has 0 fully saturated rings. The minimum absolute atomic E-state index is 0.311. The molecule has 1 heterocycles. The molecule has 4 nitrogen and oxygen atoms in total. The maximum atomic E-state index is 11.2. The van der Waals surface area contributed by atoms with Gasteiger partial charge in [-0.3, -0.25) is 10.2 Å². The molecule has 0 aliphatic heterocycles. The second-order valence-electron chi connectivity index (χ2n) is 2.79. The fourth-order valence-corrected chi connectivity index (χ4v) is 1.21. The average Bonchev–Trinajstić information content (AvgIpc) is 2.27. The number of pyridine rings is 1.